The van der Waals surface area contributed by atoms with Gasteiger partial charge in [-0.2, -0.15) is 0 Å². The Kier molecular flexibility index (Phi) is 5.49. The predicted molar refractivity (Wildman–Crippen MR) is 78.9 cm³/mol. The van der Waals surface area contributed by atoms with Gasteiger partial charge in [0, 0.05) is 6.54 Å². The van der Waals surface area contributed by atoms with Gasteiger partial charge in [0.25, 0.3) is 0 Å². The average Bonchev–Trinajstić information content (AvgIpc) is 2.88. The number of ether oxygens (including phenoxy) is 1. The highest BCUT2D eigenvalue weighted by molar-refractivity contribution is 6.33. The molecule has 2 rings (SSSR count). The molecular weight excluding hydrogens is 262 g/mol. The monoisotopic (exact) mass is 283 g/mol. The van der Waals surface area contributed by atoms with E-state index in [2.05, 4.69) is 5.32 Å². The number of aliphatic hydroxyl groups is 1. The summed E-state index contributed by atoms with van der Waals surface area (Å²) in [6.45, 7) is 2.84. The van der Waals surface area contributed by atoms with E-state index in [0.29, 0.717) is 24.3 Å². The molecule has 0 saturated heterocycles. The van der Waals surface area contributed by atoms with E-state index >= 15 is 0 Å². The quantitative estimate of drug-likeness (QED) is 0.841. The van der Waals surface area contributed by atoms with Crippen molar-refractivity contribution in [3.63, 3.8) is 0 Å². The number of hydrogen-bond donors (Lipinski definition) is 2. The van der Waals surface area contributed by atoms with Crippen molar-refractivity contribution in [3.05, 3.63) is 28.8 Å². The molecule has 1 aliphatic rings. The van der Waals surface area contributed by atoms with Crippen LogP contribution in [-0.4, -0.2) is 30.5 Å². The van der Waals surface area contributed by atoms with E-state index in [1.807, 2.05) is 25.1 Å². The first-order valence-electron chi connectivity index (χ1n) is 6.95. The van der Waals surface area contributed by atoms with Crippen LogP contribution in [0.1, 0.15) is 31.2 Å². The topological polar surface area (TPSA) is 41.5 Å². The molecule has 1 aliphatic carbocycles. The van der Waals surface area contributed by atoms with Crippen LogP contribution >= 0.6 is 11.6 Å². The molecule has 0 bridgehead atoms. The van der Waals surface area contributed by atoms with E-state index in [9.17, 15) is 5.11 Å². The highest BCUT2D eigenvalue weighted by Crippen LogP contribution is 2.23. The molecule has 0 aromatic heterocycles. The van der Waals surface area contributed by atoms with E-state index in [1.165, 1.54) is 12.8 Å². The summed E-state index contributed by atoms with van der Waals surface area (Å²) in [7, 11) is 0. The van der Waals surface area contributed by atoms with Crippen LogP contribution in [-0.2, 0) is 4.74 Å². The zero-order valence-electron chi connectivity index (χ0n) is 11.4. The van der Waals surface area contributed by atoms with Gasteiger partial charge in [0.1, 0.15) is 0 Å². The van der Waals surface area contributed by atoms with Gasteiger partial charge in [-0.1, -0.05) is 30.5 Å². The van der Waals surface area contributed by atoms with E-state index in [4.69, 9.17) is 16.3 Å². The van der Waals surface area contributed by atoms with Crippen LogP contribution in [0.5, 0.6) is 0 Å². The van der Waals surface area contributed by atoms with Crippen LogP contribution in [0.3, 0.4) is 0 Å². The van der Waals surface area contributed by atoms with Gasteiger partial charge in [0.05, 0.1) is 29.5 Å². The summed E-state index contributed by atoms with van der Waals surface area (Å²) in [5.74, 6) is 0. The number of halogens is 1. The maximum Gasteiger partial charge on any atom is 0.0945 e. The van der Waals surface area contributed by atoms with Crippen molar-refractivity contribution in [2.45, 2.75) is 44.8 Å². The lowest BCUT2D eigenvalue weighted by Crippen LogP contribution is -2.27. The van der Waals surface area contributed by atoms with Gasteiger partial charge in [0.2, 0.25) is 0 Å². The smallest absolute Gasteiger partial charge is 0.0945 e. The normalized spacial score (nSPS) is 17.6. The second-order valence-electron chi connectivity index (χ2n) is 5.26. The predicted octanol–water partition coefficient (Wildman–Crippen LogP) is 3.38. The fourth-order valence-electron chi connectivity index (χ4n) is 2.35. The largest absolute Gasteiger partial charge is 0.389 e. The number of aliphatic hydroxyl groups excluding tert-OH is 1. The van der Waals surface area contributed by atoms with Crippen LogP contribution in [0.25, 0.3) is 0 Å². The summed E-state index contributed by atoms with van der Waals surface area (Å²) in [5, 5.41) is 13.7. The molecule has 0 heterocycles. The highest BCUT2D eigenvalue weighted by Gasteiger charge is 2.16. The van der Waals surface area contributed by atoms with Gasteiger partial charge in [-0.3, -0.25) is 0 Å². The Balaban J connectivity index is 1.71. The van der Waals surface area contributed by atoms with Gasteiger partial charge < -0.3 is 15.2 Å². The number of hydrogen-bond acceptors (Lipinski definition) is 3. The first kappa shape index (κ1) is 14.6. The third-order valence-electron chi connectivity index (χ3n) is 3.48. The molecule has 1 unspecified atom stereocenters. The van der Waals surface area contributed by atoms with Crippen LogP contribution in [0.15, 0.2) is 18.2 Å². The number of anilines is 1. The zero-order valence-corrected chi connectivity index (χ0v) is 12.1. The van der Waals surface area contributed by atoms with E-state index in [1.54, 1.807) is 0 Å². The van der Waals surface area contributed by atoms with Gasteiger partial charge in [0.15, 0.2) is 0 Å². The average molecular weight is 284 g/mol. The standard InChI is InChI=1S/C15H22ClNO2/c1-11-6-7-15(14(16)8-11)17-9-12(18)10-19-13-4-2-3-5-13/h6-8,12-13,17-18H,2-5,9-10H2,1H3. The molecule has 3 nitrogen and oxygen atoms in total. The molecule has 1 atom stereocenters. The molecule has 106 valence electrons. The van der Waals surface area contributed by atoms with Gasteiger partial charge >= 0.3 is 0 Å². The Labute approximate surface area is 119 Å². The molecule has 4 heteroatoms. The van der Waals surface area contributed by atoms with E-state index < -0.39 is 6.10 Å². The summed E-state index contributed by atoms with van der Waals surface area (Å²) >= 11 is 6.12. The minimum atomic E-state index is -0.502. The molecule has 1 aromatic rings. The van der Waals surface area contributed by atoms with Crippen LogP contribution in [0.4, 0.5) is 5.69 Å². The number of nitrogens with one attached hydrogen (secondary N) is 1. The summed E-state index contributed by atoms with van der Waals surface area (Å²) in [6, 6.07) is 5.84. The Morgan fingerprint density at radius 3 is 2.84 bits per heavy atom. The first-order valence-corrected chi connectivity index (χ1v) is 7.32. The molecule has 19 heavy (non-hydrogen) atoms. The van der Waals surface area contributed by atoms with Crippen LogP contribution in [0, 0.1) is 6.92 Å². The third kappa shape index (κ3) is 4.68. The number of aryl methyl sites for hydroxylation is 1. The lowest BCUT2D eigenvalue weighted by atomic mass is 10.2. The molecule has 0 amide bonds. The lowest BCUT2D eigenvalue weighted by Gasteiger charge is -2.17. The maximum atomic E-state index is 9.89. The Hall–Kier alpha value is -0.770. The Bertz CT molecular complexity index is 405. The second-order valence-corrected chi connectivity index (χ2v) is 5.67. The fraction of sp³-hybridized carbons (Fsp3) is 0.600. The van der Waals surface area contributed by atoms with Crippen molar-refractivity contribution < 1.29 is 9.84 Å². The number of benzene rings is 1. The maximum absolute atomic E-state index is 9.89. The molecule has 0 radical (unpaired) electrons. The second kappa shape index (κ2) is 7.13. The number of rotatable bonds is 6. The van der Waals surface area contributed by atoms with Crippen molar-refractivity contribution in [1.82, 2.24) is 0 Å². The third-order valence-corrected chi connectivity index (χ3v) is 3.79. The van der Waals surface area contributed by atoms with Crippen LogP contribution in [0.2, 0.25) is 5.02 Å². The van der Waals surface area contributed by atoms with Crippen molar-refractivity contribution in [2.75, 3.05) is 18.5 Å². The Morgan fingerprint density at radius 2 is 2.16 bits per heavy atom. The van der Waals surface area contributed by atoms with Gasteiger partial charge in [-0.05, 0) is 37.5 Å². The van der Waals surface area contributed by atoms with Gasteiger partial charge in [-0.15, -0.1) is 0 Å². The SMILES string of the molecule is Cc1ccc(NCC(O)COC2CCCC2)c(Cl)c1. The molecule has 2 N–H and O–H groups in total. The van der Waals surface area contributed by atoms with Crippen molar-refractivity contribution in [2.24, 2.45) is 0 Å². The molecule has 0 aliphatic heterocycles. The summed E-state index contributed by atoms with van der Waals surface area (Å²) < 4.78 is 5.68. The highest BCUT2D eigenvalue weighted by atomic mass is 35.5. The van der Waals surface area contributed by atoms with Crippen molar-refractivity contribution in [3.8, 4) is 0 Å². The molecule has 0 spiro atoms. The first-order chi connectivity index (χ1) is 9.15. The molecular formula is C15H22ClNO2. The minimum absolute atomic E-state index is 0.345. The summed E-state index contributed by atoms with van der Waals surface area (Å²) in [4.78, 5) is 0. The van der Waals surface area contributed by atoms with Crippen LogP contribution < -0.4 is 5.32 Å². The van der Waals surface area contributed by atoms with Crippen molar-refractivity contribution in [1.29, 1.82) is 0 Å². The molecule has 1 fully saturated rings. The molecule has 1 aromatic carbocycles. The van der Waals surface area contributed by atoms with Gasteiger partial charge in [-0.25, -0.2) is 0 Å². The summed E-state index contributed by atoms with van der Waals surface area (Å²) in [5.41, 5.74) is 1.98. The fourth-order valence-corrected chi connectivity index (χ4v) is 2.65. The minimum Gasteiger partial charge on any atom is -0.389 e. The Morgan fingerprint density at radius 1 is 1.42 bits per heavy atom. The molecule has 1 saturated carbocycles. The zero-order chi connectivity index (χ0) is 13.7. The lowest BCUT2D eigenvalue weighted by molar-refractivity contribution is -0.00117. The summed E-state index contributed by atoms with van der Waals surface area (Å²) in [6.07, 6.45) is 4.60. The van der Waals surface area contributed by atoms with E-state index in [-0.39, 0.29) is 0 Å². The van der Waals surface area contributed by atoms with Crippen molar-refractivity contribution >= 4 is 17.3 Å². The van der Waals surface area contributed by atoms with E-state index in [0.717, 1.165) is 24.1 Å².